The molecule has 0 bridgehead atoms. The molecule has 3 heteroatoms. The highest BCUT2D eigenvalue weighted by Gasteiger charge is 1.98. The zero-order valence-electron chi connectivity index (χ0n) is 9.15. The van der Waals surface area contributed by atoms with E-state index in [4.69, 9.17) is 0 Å². The Balaban J connectivity index is 0.000000791. The van der Waals surface area contributed by atoms with Crippen molar-refractivity contribution in [1.29, 1.82) is 0 Å². The maximum Gasteiger partial charge on any atom is 0.151 e. The molecule has 0 saturated heterocycles. The SMILES string of the molecule is CC.CC(C)Sc1ccc(C=O)cn1. The van der Waals surface area contributed by atoms with Gasteiger partial charge in [-0.25, -0.2) is 4.98 Å². The molecule has 78 valence electrons. The lowest BCUT2D eigenvalue weighted by molar-refractivity contribution is 0.112. The molecule has 1 aromatic rings. The van der Waals surface area contributed by atoms with E-state index in [0.717, 1.165) is 11.3 Å². The molecule has 0 fully saturated rings. The molecule has 0 aliphatic heterocycles. The van der Waals surface area contributed by atoms with Gasteiger partial charge in [-0.1, -0.05) is 27.7 Å². The van der Waals surface area contributed by atoms with Crippen LogP contribution in [0.5, 0.6) is 0 Å². The van der Waals surface area contributed by atoms with Crippen LogP contribution in [0.2, 0.25) is 0 Å². The Morgan fingerprint density at radius 2 is 2.00 bits per heavy atom. The summed E-state index contributed by atoms with van der Waals surface area (Å²) in [5.41, 5.74) is 0.628. The molecule has 0 radical (unpaired) electrons. The van der Waals surface area contributed by atoms with Crippen LogP contribution in [0.4, 0.5) is 0 Å². The van der Waals surface area contributed by atoms with Gasteiger partial charge in [-0.3, -0.25) is 4.79 Å². The standard InChI is InChI=1S/C9H11NOS.C2H6/c1-7(2)12-9-4-3-8(6-11)5-10-9;1-2/h3-7H,1-2H3;1-2H3. The Morgan fingerprint density at radius 1 is 1.36 bits per heavy atom. The Hall–Kier alpha value is -0.830. The second-order valence-electron chi connectivity index (χ2n) is 2.71. The Bertz CT molecular complexity index is 256. The van der Waals surface area contributed by atoms with Crippen molar-refractivity contribution in [2.24, 2.45) is 0 Å². The number of carbonyl (C=O) groups excluding carboxylic acids is 1. The second-order valence-corrected chi connectivity index (χ2v) is 4.31. The van der Waals surface area contributed by atoms with Gasteiger partial charge in [0, 0.05) is 17.0 Å². The van der Waals surface area contributed by atoms with Crippen molar-refractivity contribution in [2.45, 2.75) is 38.0 Å². The van der Waals surface area contributed by atoms with Crippen LogP contribution in [0.3, 0.4) is 0 Å². The van der Waals surface area contributed by atoms with Gasteiger partial charge in [-0.05, 0) is 12.1 Å². The van der Waals surface area contributed by atoms with Crippen LogP contribution in [0, 0.1) is 0 Å². The summed E-state index contributed by atoms with van der Waals surface area (Å²) in [4.78, 5) is 14.4. The molecule has 1 aromatic heterocycles. The maximum atomic E-state index is 10.3. The Kier molecular flexibility index (Phi) is 7.11. The quantitative estimate of drug-likeness (QED) is 0.567. The first-order valence-corrected chi connectivity index (χ1v) is 5.68. The van der Waals surface area contributed by atoms with E-state index in [2.05, 4.69) is 18.8 Å². The third-order valence-corrected chi connectivity index (χ3v) is 2.21. The molecule has 0 atom stereocenters. The molecule has 1 heterocycles. The second kappa shape index (κ2) is 7.56. The molecule has 2 nitrogen and oxygen atoms in total. The highest BCUT2D eigenvalue weighted by Crippen LogP contribution is 2.19. The van der Waals surface area contributed by atoms with Crippen LogP contribution in [0.1, 0.15) is 38.1 Å². The number of carbonyl (C=O) groups is 1. The van der Waals surface area contributed by atoms with E-state index in [-0.39, 0.29) is 0 Å². The van der Waals surface area contributed by atoms with Gasteiger partial charge in [0.15, 0.2) is 6.29 Å². The van der Waals surface area contributed by atoms with Crippen molar-refractivity contribution < 1.29 is 4.79 Å². The minimum atomic E-state index is 0.527. The first-order valence-electron chi connectivity index (χ1n) is 4.80. The van der Waals surface area contributed by atoms with Gasteiger partial charge in [-0.15, -0.1) is 11.8 Å². The van der Waals surface area contributed by atoms with Gasteiger partial charge in [-0.2, -0.15) is 0 Å². The van der Waals surface area contributed by atoms with Crippen molar-refractivity contribution in [1.82, 2.24) is 4.98 Å². The lowest BCUT2D eigenvalue weighted by atomic mass is 10.3. The summed E-state index contributed by atoms with van der Waals surface area (Å²) >= 11 is 1.69. The fourth-order valence-electron chi connectivity index (χ4n) is 0.773. The maximum absolute atomic E-state index is 10.3. The van der Waals surface area contributed by atoms with E-state index < -0.39 is 0 Å². The number of hydrogen-bond donors (Lipinski definition) is 0. The topological polar surface area (TPSA) is 30.0 Å². The lowest BCUT2D eigenvalue weighted by Gasteiger charge is -2.02. The van der Waals surface area contributed by atoms with Crippen molar-refractivity contribution in [3.05, 3.63) is 23.9 Å². The predicted octanol–water partition coefficient (Wildman–Crippen LogP) is 3.42. The van der Waals surface area contributed by atoms with Gasteiger partial charge in [0.2, 0.25) is 0 Å². The minimum Gasteiger partial charge on any atom is -0.298 e. The van der Waals surface area contributed by atoms with E-state index in [9.17, 15) is 4.79 Å². The summed E-state index contributed by atoms with van der Waals surface area (Å²) in [5.74, 6) is 0. The summed E-state index contributed by atoms with van der Waals surface area (Å²) in [6, 6.07) is 3.65. The Labute approximate surface area is 90.1 Å². The normalized spacial score (nSPS) is 9.21. The van der Waals surface area contributed by atoms with Gasteiger partial charge >= 0.3 is 0 Å². The van der Waals surface area contributed by atoms with Crippen molar-refractivity contribution in [3.63, 3.8) is 0 Å². The molecular formula is C11H17NOS. The summed E-state index contributed by atoms with van der Waals surface area (Å²) in [6.07, 6.45) is 2.40. The Morgan fingerprint density at radius 3 is 2.36 bits per heavy atom. The first-order chi connectivity index (χ1) is 6.72. The molecule has 0 N–H and O–H groups in total. The summed E-state index contributed by atoms with van der Waals surface area (Å²) in [6.45, 7) is 8.22. The third-order valence-electron chi connectivity index (χ3n) is 1.25. The summed E-state index contributed by atoms with van der Waals surface area (Å²) in [5, 5.41) is 1.50. The van der Waals surface area contributed by atoms with Gasteiger partial charge in [0.1, 0.15) is 0 Å². The van der Waals surface area contributed by atoms with Crippen LogP contribution < -0.4 is 0 Å². The minimum absolute atomic E-state index is 0.527. The van der Waals surface area contributed by atoms with Crippen LogP contribution >= 0.6 is 11.8 Å². The predicted molar refractivity (Wildman–Crippen MR) is 62.0 cm³/mol. The average molecular weight is 211 g/mol. The molecular weight excluding hydrogens is 194 g/mol. The monoisotopic (exact) mass is 211 g/mol. The van der Waals surface area contributed by atoms with E-state index in [0.29, 0.717) is 10.8 Å². The van der Waals surface area contributed by atoms with Crippen molar-refractivity contribution >= 4 is 18.0 Å². The molecule has 14 heavy (non-hydrogen) atoms. The molecule has 0 aliphatic carbocycles. The van der Waals surface area contributed by atoms with Gasteiger partial charge < -0.3 is 0 Å². The third kappa shape index (κ3) is 5.02. The molecule has 0 saturated carbocycles. The van der Waals surface area contributed by atoms with Crippen molar-refractivity contribution in [2.75, 3.05) is 0 Å². The zero-order valence-corrected chi connectivity index (χ0v) is 9.97. The van der Waals surface area contributed by atoms with E-state index >= 15 is 0 Å². The van der Waals surface area contributed by atoms with E-state index in [1.807, 2.05) is 19.9 Å². The lowest BCUT2D eigenvalue weighted by Crippen LogP contribution is -1.89. The van der Waals surface area contributed by atoms with Gasteiger partial charge in [0.25, 0.3) is 0 Å². The van der Waals surface area contributed by atoms with Crippen molar-refractivity contribution in [3.8, 4) is 0 Å². The number of rotatable bonds is 3. The number of nitrogens with zero attached hydrogens (tertiary/aromatic N) is 1. The number of aromatic nitrogens is 1. The fourth-order valence-corrected chi connectivity index (χ4v) is 1.52. The average Bonchev–Trinajstić information content (AvgIpc) is 2.21. The smallest absolute Gasteiger partial charge is 0.151 e. The zero-order chi connectivity index (χ0) is 11.0. The van der Waals surface area contributed by atoms with E-state index in [1.54, 1.807) is 24.0 Å². The van der Waals surface area contributed by atoms with Crippen LogP contribution in [0.25, 0.3) is 0 Å². The van der Waals surface area contributed by atoms with E-state index in [1.165, 1.54) is 0 Å². The fraction of sp³-hybridized carbons (Fsp3) is 0.455. The number of thioether (sulfide) groups is 1. The highest BCUT2D eigenvalue weighted by molar-refractivity contribution is 7.99. The molecule has 0 aliphatic rings. The first kappa shape index (κ1) is 13.2. The van der Waals surface area contributed by atoms with Crippen LogP contribution in [0.15, 0.2) is 23.4 Å². The largest absolute Gasteiger partial charge is 0.298 e. The molecule has 0 amide bonds. The number of hydrogen-bond acceptors (Lipinski definition) is 3. The molecule has 1 rings (SSSR count). The molecule has 0 spiro atoms. The number of aldehydes is 1. The van der Waals surface area contributed by atoms with Crippen LogP contribution in [-0.2, 0) is 0 Å². The van der Waals surface area contributed by atoms with Gasteiger partial charge in [0.05, 0.1) is 5.03 Å². The number of pyridine rings is 1. The summed E-state index contributed by atoms with van der Waals surface area (Å²) < 4.78 is 0. The van der Waals surface area contributed by atoms with Crippen LogP contribution in [-0.4, -0.2) is 16.5 Å². The summed E-state index contributed by atoms with van der Waals surface area (Å²) in [7, 11) is 0. The highest BCUT2D eigenvalue weighted by atomic mass is 32.2. The molecule has 0 unspecified atom stereocenters. The molecule has 0 aromatic carbocycles.